The molecule has 0 bridgehead atoms. The summed E-state index contributed by atoms with van der Waals surface area (Å²) in [6.45, 7) is -0.0760. The average molecular weight is 335 g/mol. The number of nitro benzene ring substituents is 1. The van der Waals surface area contributed by atoms with Crippen molar-refractivity contribution in [1.29, 1.82) is 0 Å². The highest BCUT2D eigenvalue weighted by atomic mass is 32.2. The number of hydrogen-bond acceptors (Lipinski definition) is 5. The summed E-state index contributed by atoms with van der Waals surface area (Å²) in [5.74, 6) is -0.586. The van der Waals surface area contributed by atoms with Gasteiger partial charge >= 0.3 is 0 Å². The van der Waals surface area contributed by atoms with E-state index in [4.69, 9.17) is 5.73 Å². The van der Waals surface area contributed by atoms with Crippen LogP contribution in [0.15, 0.2) is 53.4 Å². The first-order valence-corrected chi connectivity index (χ1v) is 7.91. The van der Waals surface area contributed by atoms with Crippen molar-refractivity contribution >= 4 is 21.6 Å². The Morgan fingerprint density at radius 3 is 2.30 bits per heavy atom. The normalized spacial score (nSPS) is 11.1. The molecule has 2 rings (SSSR count). The lowest BCUT2D eigenvalue weighted by molar-refractivity contribution is -0.387. The molecule has 0 aromatic heterocycles. The smallest absolute Gasteiger partial charge is 0.289 e. The van der Waals surface area contributed by atoms with Crippen LogP contribution in [0.25, 0.3) is 0 Å². The Morgan fingerprint density at radius 1 is 1.13 bits per heavy atom. The van der Waals surface area contributed by atoms with Gasteiger partial charge in [0.2, 0.25) is 15.9 Å². The molecule has 2 aromatic rings. The third-order valence-electron chi connectivity index (χ3n) is 3.06. The van der Waals surface area contributed by atoms with Gasteiger partial charge in [-0.3, -0.25) is 14.9 Å². The SMILES string of the molecule is NC(=O)c1ccc(CNS(=O)(=O)c2ccccc2[N+](=O)[O-])cc1. The van der Waals surface area contributed by atoms with Gasteiger partial charge in [0.1, 0.15) is 0 Å². The lowest BCUT2D eigenvalue weighted by Gasteiger charge is -2.07. The number of sulfonamides is 1. The van der Waals surface area contributed by atoms with E-state index < -0.39 is 31.4 Å². The topological polar surface area (TPSA) is 132 Å². The third-order valence-corrected chi connectivity index (χ3v) is 4.50. The van der Waals surface area contributed by atoms with Crippen molar-refractivity contribution < 1.29 is 18.1 Å². The molecule has 8 nitrogen and oxygen atoms in total. The molecule has 0 unspecified atom stereocenters. The van der Waals surface area contributed by atoms with Crippen LogP contribution in [0.5, 0.6) is 0 Å². The summed E-state index contributed by atoms with van der Waals surface area (Å²) in [6.07, 6.45) is 0. The summed E-state index contributed by atoms with van der Waals surface area (Å²) >= 11 is 0. The minimum absolute atomic E-state index is 0.0760. The molecule has 2 aromatic carbocycles. The summed E-state index contributed by atoms with van der Waals surface area (Å²) in [5.41, 5.74) is 5.50. The second-order valence-corrected chi connectivity index (χ2v) is 6.35. The van der Waals surface area contributed by atoms with Crippen molar-refractivity contribution in [2.45, 2.75) is 11.4 Å². The van der Waals surface area contributed by atoms with Gasteiger partial charge in [-0.05, 0) is 23.8 Å². The first-order chi connectivity index (χ1) is 10.8. The molecule has 0 spiro atoms. The van der Waals surface area contributed by atoms with Gasteiger partial charge in [-0.2, -0.15) is 0 Å². The number of carbonyl (C=O) groups excluding carboxylic acids is 1. The van der Waals surface area contributed by atoms with E-state index in [0.717, 1.165) is 12.1 Å². The quantitative estimate of drug-likeness (QED) is 0.604. The van der Waals surface area contributed by atoms with Crippen LogP contribution in [0.1, 0.15) is 15.9 Å². The maximum atomic E-state index is 12.2. The molecule has 0 aliphatic heterocycles. The number of nitrogens with zero attached hydrogens (tertiary/aromatic N) is 1. The van der Waals surface area contributed by atoms with Crippen LogP contribution in [0.3, 0.4) is 0 Å². The van der Waals surface area contributed by atoms with Crippen LogP contribution < -0.4 is 10.5 Å². The van der Waals surface area contributed by atoms with Gasteiger partial charge in [0.15, 0.2) is 4.90 Å². The molecule has 3 N–H and O–H groups in total. The van der Waals surface area contributed by atoms with Crippen molar-refractivity contribution in [2.24, 2.45) is 5.73 Å². The summed E-state index contributed by atoms with van der Waals surface area (Å²) in [5, 5.41) is 10.9. The van der Waals surface area contributed by atoms with E-state index in [1.165, 1.54) is 24.3 Å². The summed E-state index contributed by atoms with van der Waals surface area (Å²) in [7, 11) is -4.04. The Morgan fingerprint density at radius 2 is 1.74 bits per heavy atom. The van der Waals surface area contributed by atoms with Gasteiger partial charge < -0.3 is 5.73 Å². The Kier molecular flexibility index (Phi) is 4.72. The molecule has 0 aliphatic rings. The number of carbonyl (C=O) groups is 1. The van der Waals surface area contributed by atoms with E-state index in [1.807, 2.05) is 0 Å². The van der Waals surface area contributed by atoms with Crippen LogP contribution in [0.2, 0.25) is 0 Å². The molecule has 0 atom stereocenters. The third kappa shape index (κ3) is 3.90. The summed E-state index contributed by atoms with van der Waals surface area (Å²) in [4.78, 5) is 20.7. The molecular formula is C14H13N3O5S. The molecule has 1 amide bonds. The highest BCUT2D eigenvalue weighted by Gasteiger charge is 2.24. The summed E-state index contributed by atoms with van der Waals surface area (Å²) < 4.78 is 26.7. The van der Waals surface area contributed by atoms with E-state index in [-0.39, 0.29) is 6.54 Å². The van der Waals surface area contributed by atoms with Crippen LogP contribution in [-0.4, -0.2) is 19.2 Å². The number of benzene rings is 2. The zero-order chi connectivity index (χ0) is 17.0. The molecule has 0 fully saturated rings. The molecule has 9 heteroatoms. The van der Waals surface area contributed by atoms with Crippen molar-refractivity contribution in [3.8, 4) is 0 Å². The standard InChI is InChI=1S/C14H13N3O5S/c15-14(18)11-7-5-10(6-8-11)9-16-23(21,22)13-4-2-1-3-12(13)17(19)20/h1-8,16H,9H2,(H2,15,18). The number of rotatable bonds is 6. The summed E-state index contributed by atoms with van der Waals surface area (Å²) in [6, 6.07) is 11.1. The molecule has 0 saturated carbocycles. The average Bonchev–Trinajstić information content (AvgIpc) is 2.53. The van der Waals surface area contributed by atoms with Crippen LogP contribution in [-0.2, 0) is 16.6 Å². The zero-order valence-electron chi connectivity index (χ0n) is 11.8. The fraction of sp³-hybridized carbons (Fsp3) is 0.0714. The fourth-order valence-electron chi connectivity index (χ4n) is 1.88. The molecule has 23 heavy (non-hydrogen) atoms. The highest BCUT2D eigenvalue weighted by molar-refractivity contribution is 7.89. The molecule has 0 aliphatic carbocycles. The Labute approximate surface area is 132 Å². The van der Waals surface area contributed by atoms with Crippen molar-refractivity contribution in [1.82, 2.24) is 4.72 Å². The predicted molar refractivity (Wildman–Crippen MR) is 82.1 cm³/mol. The minimum Gasteiger partial charge on any atom is -0.366 e. The number of nitrogens with one attached hydrogen (secondary N) is 1. The molecule has 120 valence electrons. The van der Waals surface area contributed by atoms with Crippen LogP contribution in [0.4, 0.5) is 5.69 Å². The van der Waals surface area contributed by atoms with E-state index in [1.54, 1.807) is 12.1 Å². The second-order valence-electron chi connectivity index (χ2n) is 4.61. The molecule has 0 heterocycles. The number of amides is 1. The van der Waals surface area contributed by atoms with Gasteiger partial charge in [-0.1, -0.05) is 24.3 Å². The first kappa shape index (κ1) is 16.6. The Bertz CT molecular complexity index is 847. The number of primary amides is 1. The Hall–Kier alpha value is -2.78. The minimum atomic E-state index is -4.04. The maximum Gasteiger partial charge on any atom is 0.289 e. The number of hydrogen-bond donors (Lipinski definition) is 2. The van der Waals surface area contributed by atoms with Crippen LogP contribution >= 0.6 is 0 Å². The monoisotopic (exact) mass is 335 g/mol. The van der Waals surface area contributed by atoms with Crippen LogP contribution in [0, 0.1) is 10.1 Å². The van der Waals surface area contributed by atoms with E-state index in [2.05, 4.69) is 4.72 Å². The second kappa shape index (κ2) is 6.55. The van der Waals surface area contributed by atoms with Gasteiger partial charge in [0, 0.05) is 18.2 Å². The maximum absolute atomic E-state index is 12.2. The molecule has 0 saturated heterocycles. The van der Waals surface area contributed by atoms with E-state index >= 15 is 0 Å². The van der Waals surface area contributed by atoms with Gasteiger partial charge in [0.05, 0.1) is 4.92 Å². The first-order valence-electron chi connectivity index (χ1n) is 6.43. The number of para-hydroxylation sites is 1. The van der Waals surface area contributed by atoms with E-state index in [9.17, 15) is 23.3 Å². The lowest BCUT2D eigenvalue weighted by atomic mass is 10.1. The lowest BCUT2D eigenvalue weighted by Crippen LogP contribution is -2.24. The zero-order valence-corrected chi connectivity index (χ0v) is 12.6. The van der Waals surface area contributed by atoms with Crippen molar-refractivity contribution in [3.63, 3.8) is 0 Å². The predicted octanol–water partition coefficient (Wildman–Crippen LogP) is 1.17. The molecule has 0 radical (unpaired) electrons. The fourth-order valence-corrected chi connectivity index (χ4v) is 3.07. The van der Waals surface area contributed by atoms with Crippen molar-refractivity contribution in [2.75, 3.05) is 0 Å². The van der Waals surface area contributed by atoms with E-state index in [0.29, 0.717) is 11.1 Å². The largest absolute Gasteiger partial charge is 0.366 e. The van der Waals surface area contributed by atoms with Gasteiger partial charge in [-0.15, -0.1) is 0 Å². The molecular weight excluding hydrogens is 322 g/mol. The number of nitro groups is 1. The van der Waals surface area contributed by atoms with Gasteiger partial charge in [-0.25, -0.2) is 13.1 Å². The Balaban J connectivity index is 2.19. The highest BCUT2D eigenvalue weighted by Crippen LogP contribution is 2.22. The number of nitrogens with two attached hydrogens (primary N) is 1. The van der Waals surface area contributed by atoms with Crippen molar-refractivity contribution in [3.05, 3.63) is 69.8 Å². The van der Waals surface area contributed by atoms with Gasteiger partial charge in [0.25, 0.3) is 5.69 Å².